The van der Waals surface area contributed by atoms with Gasteiger partial charge in [0.2, 0.25) is 0 Å². The molecular weight excluding hydrogens is 572 g/mol. The molecule has 0 unspecified atom stereocenters. The highest BCUT2D eigenvalue weighted by Gasteiger charge is 2.36. The second kappa shape index (κ2) is 9.90. The fourth-order valence-corrected chi connectivity index (χ4v) is 5.63. The standard InChI is InChI=1S/C23H17F6N5O3S2/c1-21(2,12-35)33-39(36,37)19-11-30-18(38-19)8-5-14-10-31-34-17(23(27,28)29)9-16(32-20(14)34)13-3-6-15(7-4-13)22(24,25)26/h3-4,6-7,9-11,33,35H,12H2,1-2H3. The molecule has 0 amide bonds. The molecule has 1 aromatic carbocycles. The lowest BCUT2D eigenvalue weighted by molar-refractivity contribution is -0.142. The molecule has 0 saturated carbocycles. The van der Waals surface area contributed by atoms with Crippen LogP contribution in [-0.2, 0) is 22.4 Å². The van der Waals surface area contributed by atoms with E-state index in [4.69, 9.17) is 0 Å². The molecule has 206 valence electrons. The Morgan fingerprint density at radius 1 is 1.03 bits per heavy atom. The molecule has 0 aliphatic heterocycles. The second-order valence-corrected chi connectivity index (χ2v) is 11.7. The summed E-state index contributed by atoms with van der Waals surface area (Å²) in [7, 11) is -4.03. The van der Waals surface area contributed by atoms with Crippen LogP contribution in [0.25, 0.3) is 16.9 Å². The number of alkyl halides is 6. The summed E-state index contributed by atoms with van der Waals surface area (Å²) in [5.74, 6) is 5.14. The molecule has 0 atom stereocenters. The zero-order valence-corrected chi connectivity index (χ0v) is 21.5. The van der Waals surface area contributed by atoms with Crippen molar-refractivity contribution in [1.29, 1.82) is 0 Å². The molecule has 3 aromatic heterocycles. The van der Waals surface area contributed by atoms with Crippen molar-refractivity contribution in [2.45, 2.75) is 35.9 Å². The molecule has 0 aliphatic carbocycles. The number of aliphatic hydroxyl groups is 1. The minimum Gasteiger partial charge on any atom is -0.394 e. The Morgan fingerprint density at radius 3 is 2.28 bits per heavy atom. The van der Waals surface area contributed by atoms with Crippen LogP contribution in [0.3, 0.4) is 0 Å². The zero-order valence-electron chi connectivity index (χ0n) is 19.9. The van der Waals surface area contributed by atoms with Crippen LogP contribution < -0.4 is 4.72 Å². The number of nitrogens with one attached hydrogen (secondary N) is 1. The number of halogens is 6. The predicted octanol–water partition coefficient (Wildman–Crippen LogP) is 4.34. The highest BCUT2D eigenvalue weighted by molar-refractivity contribution is 7.91. The van der Waals surface area contributed by atoms with Crippen molar-refractivity contribution in [3.63, 3.8) is 0 Å². The fraction of sp³-hybridized carbons (Fsp3) is 0.261. The van der Waals surface area contributed by atoms with Crippen molar-refractivity contribution in [2.24, 2.45) is 0 Å². The van der Waals surface area contributed by atoms with Gasteiger partial charge >= 0.3 is 12.4 Å². The summed E-state index contributed by atoms with van der Waals surface area (Å²) in [6.45, 7) is 2.48. The van der Waals surface area contributed by atoms with Crippen molar-refractivity contribution < 1.29 is 39.9 Å². The van der Waals surface area contributed by atoms with E-state index in [2.05, 4.69) is 31.6 Å². The van der Waals surface area contributed by atoms with Crippen molar-refractivity contribution in [3.8, 4) is 23.1 Å². The summed E-state index contributed by atoms with van der Waals surface area (Å²) < 4.78 is 108. The number of nitrogens with zero attached hydrogens (tertiary/aromatic N) is 4. The minimum atomic E-state index is -4.88. The molecule has 8 nitrogen and oxygen atoms in total. The van der Waals surface area contributed by atoms with Gasteiger partial charge in [-0.2, -0.15) is 31.4 Å². The maximum absolute atomic E-state index is 13.8. The maximum atomic E-state index is 13.8. The van der Waals surface area contributed by atoms with Gasteiger partial charge in [0.1, 0.15) is 0 Å². The molecule has 0 bridgehead atoms. The molecule has 16 heteroatoms. The maximum Gasteiger partial charge on any atom is 0.433 e. The van der Waals surface area contributed by atoms with Gasteiger partial charge < -0.3 is 5.11 Å². The predicted molar refractivity (Wildman–Crippen MR) is 128 cm³/mol. The molecule has 0 fully saturated rings. The number of hydrogen-bond acceptors (Lipinski definition) is 7. The summed E-state index contributed by atoms with van der Waals surface area (Å²) in [6, 6.07) is 4.14. The second-order valence-electron chi connectivity index (χ2n) is 8.78. The third-order valence-corrected chi connectivity index (χ3v) is 8.20. The van der Waals surface area contributed by atoms with Gasteiger partial charge in [-0.15, -0.1) is 0 Å². The van der Waals surface area contributed by atoms with Crippen molar-refractivity contribution >= 4 is 27.0 Å². The molecule has 4 aromatic rings. The van der Waals surface area contributed by atoms with E-state index < -0.39 is 45.8 Å². The number of sulfonamides is 1. The van der Waals surface area contributed by atoms with E-state index in [0.717, 1.165) is 36.7 Å². The number of hydrogen-bond donors (Lipinski definition) is 2. The first-order chi connectivity index (χ1) is 18.0. The lowest BCUT2D eigenvalue weighted by atomic mass is 10.1. The van der Waals surface area contributed by atoms with E-state index in [1.54, 1.807) is 0 Å². The Labute approximate surface area is 221 Å². The summed E-state index contributed by atoms with van der Waals surface area (Å²) >= 11 is 0.693. The van der Waals surface area contributed by atoms with E-state index in [-0.39, 0.29) is 31.7 Å². The van der Waals surface area contributed by atoms with Gasteiger partial charge in [-0.25, -0.2) is 27.6 Å². The number of benzene rings is 1. The Morgan fingerprint density at radius 2 is 1.69 bits per heavy atom. The van der Waals surface area contributed by atoms with Gasteiger partial charge in [0.25, 0.3) is 10.0 Å². The van der Waals surface area contributed by atoms with Crippen molar-refractivity contribution in [1.82, 2.24) is 24.3 Å². The summed E-state index contributed by atoms with van der Waals surface area (Å²) in [5, 5.41) is 13.0. The highest BCUT2D eigenvalue weighted by atomic mass is 32.2. The van der Waals surface area contributed by atoms with Crippen LogP contribution in [0.1, 0.15) is 35.7 Å². The highest BCUT2D eigenvalue weighted by Crippen LogP contribution is 2.34. The SMILES string of the molecule is CC(C)(CO)NS(=O)(=O)c1cnc(C#Cc2cnn3c(C(F)(F)F)cc(-c4ccc(C(F)(F)F)cc4)nc23)s1. The van der Waals surface area contributed by atoms with Crippen LogP contribution in [0.4, 0.5) is 26.3 Å². The first-order valence-electron chi connectivity index (χ1n) is 10.8. The van der Waals surface area contributed by atoms with Gasteiger partial charge in [-0.05, 0) is 38.0 Å². The number of aliphatic hydroxyl groups excluding tert-OH is 1. The summed E-state index contributed by atoms with van der Waals surface area (Å²) in [6.07, 6.45) is -7.44. The van der Waals surface area contributed by atoms with E-state index in [9.17, 15) is 39.9 Å². The first kappa shape index (κ1) is 28.5. The lowest BCUT2D eigenvalue weighted by Gasteiger charge is -2.22. The average molecular weight is 590 g/mol. The monoisotopic (exact) mass is 589 g/mol. The van der Waals surface area contributed by atoms with Crippen LogP contribution >= 0.6 is 11.3 Å². The first-order valence-corrected chi connectivity index (χ1v) is 13.1. The Hall–Kier alpha value is -3.52. The van der Waals surface area contributed by atoms with Gasteiger partial charge in [0, 0.05) is 5.56 Å². The lowest BCUT2D eigenvalue weighted by Crippen LogP contribution is -2.45. The summed E-state index contributed by atoms with van der Waals surface area (Å²) in [4.78, 5) is 8.06. The van der Waals surface area contributed by atoms with Crippen LogP contribution in [0.2, 0.25) is 0 Å². The molecule has 0 saturated heterocycles. The van der Waals surface area contributed by atoms with Crippen molar-refractivity contribution in [3.05, 3.63) is 64.6 Å². The van der Waals surface area contributed by atoms with E-state index in [1.807, 2.05) is 0 Å². The number of fused-ring (bicyclic) bond motifs is 1. The smallest absolute Gasteiger partial charge is 0.394 e. The topological polar surface area (TPSA) is 109 Å². The fourth-order valence-electron chi connectivity index (χ4n) is 3.24. The van der Waals surface area contributed by atoms with Gasteiger partial charge in [0.15, 0.2) is 20.6 Å². The van der Waals surface area contributed by atoms with Crippen molar-refractivity contribution in [2.75, 3.05) is 6.61 Å². The number of thiazole rings is 1. The number of rotatable bonds is 5. The largest absolute Gasteiger partial charge is 0.433 e. The Balaban J connectivity index is 1.74. The van der Waals surface area contributed by atoms with Gasteiger partial charge in [-0.1, -0.05) is 29.4 Å². The average Bonchev–Trinajstić information content (AvgIpc) is 3.48. The molecule has 2 N–H and O–H groups in total. The van der Waals surface area contributed by atoms with E-state index in [1.165, 1.54) is 13.8 Å². The molecule has 0 aliphatic rings. The van der Waals surface area contributed by atoms with Crippen LogP contribution in [-0.4, -0.2) is 45.3 Å². The normalized spacial score (nSPS) is 12.9. The van der Waals surface area contributed by atoms with Gasteiger partial charge in [0.05, 0.1) is 41.4 Å². The molecular formula is C23H17F6N5O3S2. The zero-order chi connectivity index (χ0) is 28.8. The molecule has 3 heterocycles. The number of aromatic nitrogens is 4. The van der Waals surface area contributed by atoms with E-state index in [0.29, 0.717) is 21.9 Å². The third-order valence-electron chi connectivity index (χ3n) is 5.13. The third kappa shape index (κ3) is 6.22. The van der Waals surface area contributed by atoms with Gasteiger partial charge in [-0.3, -0.25) is 0 Å². The minimum absolute atomic E-state index is 0.00387. The summed E-state index contributed by atoms with van der Waals surface area (Å²) in [5.41, 5.74) is -3.97. The van der Waals surface area contributed by atoms with Crippen LogP contribution in [0, 0.1) is 11.8 Å². The molecule has 4 rings (SSSR count). The Bertz CT molecular complexity index is 1700. The molecule has 0 radical (unpaired) electrons. The van der Waals surface area contributed by atoms with E-state index >= 15 is 0 Å². The van der Waals surface area contributed by atoms with Crippen LogP contribution in [0.15, 0.2) is 46.9 Å². The van der Waals surface area contributed by atoms with Crippen LogP contribution in [0.5, 0.6) is 0 Å². The Kier molecular flexibility index (Phi) is 7.23. The quantitative estimate of drug-likeness (QED) is 0.265. The molecule has 0 spiro atoms. The molecule has 39 heavy (non-hydrogen) atoms.